The zero-order valence-corrected chi connectivity index (χ0v) is 13.3. The maximum absolute atomic E-state index is 13.0. The van der Waals surface area contributed by atoms with Gasteiger partial charge in [0.25, 0.3) is 5.56 Å². The molecule has 0 aliphatic carbocycles. The fourth-order valence-corrected chi connectivity index (χ4v) is 3.47. The Morgan fingerprint density at radius 3 is 2.54 bits per heavy atom. The number of halogens is 1. The predicted octanol–water partition coefficient (Wildman–Crippen LogP) is 3.71. The maximum Gasteiger partial charge on any atom is 0.278 e. The van der Waals surface area contributed by atoms with E-state index in [0.717, 1.165) is 16.0 Å². The van der Waals surface area contributed by atoms with E-state index in [2.05, 4.69) is 10.3 Å². The normalized spacial score (nSPS) is 11.0. The van der Waals surface area contributed by atoms with Crippen LogP contribution < -0.4 is 5.56 Å². The lowest BCUT2D eigenvalue weighted by Crippen LogP contribution is -2.24. The van der Waals surface area contributed by atoms with Gasteiger partial charge < -0.3 is 0 Å². The largest absolute Gasteiger partial charge is 0.278 e. The van der Waals surface area contributed by atoms with Crippen molar-refractivity contribution in [2.24, 2.45) is 0 Å². The number of nitrogens with zero attached hydrogens (tertiary/aromatic N) is 3. The summed E-state index contributed by atoms with van der Waals surface area (Å²) in [6, 6.07) is 17.7. The molecule has 0 atom stereocenters. The number of benzene rings is 2. The Kier molecular flexibility index (Phi) is 3.66. The second-order valence-electron chi connectivity index (χ2n) is 5.37. The summed E-state index contributed by atoms with van der Waals surface area (Å²) in [4.78, 5) is 14.2. The summed E-state index contributed by atoms with van der Waals surface area (Å²) in [6.45, 7) is 0.262. The Labute approximate surface area is 140 Å². The van der Waals surface area contributed by atoms with Gasteiger partial charge in [-0.2, -0.15) is 0 Å². The van der Waals surface area contributed by atoms with Crippen molar-refractivity contribution >= 4 is 21.6 Å². The first-order valence-corrected chi connectivity index (χ1v) is 8.19. The Morgan fingerprint density at radius 2 is 1.79 bits per heavy atom. The standard InChI is InChI=1S/C18H12FN3OS/c19-14-8-6-12(7-9-14)11-22-18(23)15-10-16(24-17(15)20-21-22)13-4-2-1-3-5-13/h1-10H,11H2. The van der Waals surface area contributed by atoms with Crippen LogP contribution >= 0.6 is 11.3 Å². The van der Waals surface area contributed by atoms with Gasteiger partial charge in [-0.3, -0.25) is 4.79 Å². The van der Waals surface area contributed by atoms with Crippen LogP contribution in [0.4, 0.5) is 4.39 Å². The van der Waals surface area contributed by atoms with Gasteiger partial charge in [0.15, 0.2) is 4.83 Å². The van der Waals surface area contributed by atoms with Crippen molar-refractivity contribution in [3.8, 4) is 10.4 Å². The van der Waals surface area contributed by atoms with Crippen LogP contribution in [-0.2, 0) is 6.54 Å². The lowest BCUT2D eigenvalue weighted by molar-refractivity contribution is 0.597. The molecule has 0 radical (unpaired) electrons. The second kappa shape index (κ2) is 5.98. The number of hydrogen-bond acceptors (Lipinski definition) is 4. The van der Waals surface area contributed by atoms with E-state index in [0.29, 0.717) is 10.2 Å². The van der Waals surface area contributed by atoms with Crippen LogP contribution in [0.25, 0.3) is 20.7 Å². The van der Waals surface area contributed by atoms with E-state index in [-0.39, 0.29) is 17.9 Å². The van der Waals surface area contributed by atoms with Crippen LogP contribution in [0.5, 0.6) is 0 Å². The molecule has 0 aliphatic rings. The van der Waals surface area contributed by atoms with Crippen molar-refractivity contribution in [1.82, 2.24) is 15.0 Å². The van der Waals surface area contributed by atoms with Gasteiger partial charge in [-0.15, -0.1) is 16.4 Å². The van der Waals surface area contributed by atoms with Crippen molar-refractivity contribution < 1.29 is 4.39 Å². The zero-order chi connectivity index (χ0) is 16.5. The first kappa shape index (κ1) is 14.7. The number of rotatable bonds is 3. The average molecular weight is 337 g/mol. The van der Waals surface area contributed by atoms with Crippen molar-refractivity contribution in [3.05, 3.63) is 82.4 Å². The van der Waals surface area contributed by atoms with Crippen LogP contribution in [-0.4, -0.2) is 15.0 Å². The van der Waals surface area contributed by atoms with Crippen molar-refractivity contribution in [2.45, 2.75) is 6.54 Å². The summed E-state index contributed by atoms with van der Waals surface area (Å²) in [6.07, 6.45) is 0. The minimum atomic E-state index is -0.307. The highest BCUT2D eigenvalue weighted by molar-refractivity contribution is 7.21. The van der Waals surface area contributed by atoms with E-state index in [1.807, 2.05) is 36.4 Å². The Morgan fingerprint density at radius 1 is 1.04 bits per heavy atom. The van der Waals surface area contributed by atoms with Crippen LogP contribution in [0.3, 0.4) is 0 Å². The summed E-state index contributed by atoms with van der Waals surface area (Å²) >= 11 is 1.44. The molecule has 0 saturated carbocycles. The lowest BCUT2D eigenvalue weighted by Gasteiger charge is -2.03. The molecule has 0 spiro atoms. The molecule has 2 heterocycles. The molecule has 0 bridgehead atoms. The van der Waals surface area contributed by atoms with Crippen molar-refractivity contribution in [2.75, 3.05) is 0 Å². The highest BCUT2D eigenvalue weighted by Gasteiger charge is 2.11. The molecule has 4 rings (SSSR count). The SMILES string of the molecule is O=c1c2cc(-c3ccccc3)sc2nnn1Cc1ccc(F)cc1. The minimum Gasteiger partial charge on any atom is -0.267 e. The van der Waals surface area contributed by atoms with Gasteiger partial charge in [0, 0.05) is 4.88 Å². The van der Waals surface area contributed by atoms with E-state index >= 15 is 0 Å². The number of hydrogen-bond donors (Lipinski definition) is 0. The van der Waals surface area contributed by atoms with Gasteiger partial charge in [0.1, 0.15) is 5.82 Å². The third kappa shape index (κ3) is 2.72. The van der Waals surface area contributed by atoms with Crippen LogP contribution in [0, 0.1) is 5.82 Å². The molecule has 24 heavy (non-hydrogen) atoms. The summed E-state index contributed by atoms with van der Waals surface area (Å²) < 4.78 is 14.3. The third-order valence-electron chi connectivity index (χ3n) is 3.72. The fourth-order valence-electron chi connectivity index (χ4n) is 2.49. The first-order valence-electron chi connectivity index (χ1n) is 7.38. The molecule has 0 unspecified atom stereocenters. The molecule has 118 valence electrons. The van der Waals surface area contributed by atoms with E-state index in [9.17, 15) is 9.18 Å². The molecule has 0 saturated heterocycles. The van der Waals surface area contributed by atoms with Gasteiger partial charge in [-0.25, -0.2) is 9.07 Å². The fraction of sp³-hybridized carbons (Fsp3) is 0.0556. The molecular formula is C18H12FN3OS. The van der Waals surface area contributed by atoms with E-state index in [1.54, 1.807) is 12.1 Å². The number of thiophene rings is 1. The second-order valence-corrected chi connectivity index (χ2v) is 6.40. The highest BCUT2D eigenvalue weighted by atomic mass is 32.1. The third-order valence-corrected chi connectivity index (χ3v) is 4.79. The Hall–Kier alpha value is -2.86. The van der Waals surface area contributed by atoms with Gasteiger partial charge in [-0.05, 0) is 29.3 Å². The molecule has 0 N–H and O–H groups in total. The average Bonchev–Trinajstić information content (AvgIpc) is 3.05. The Balaban J connectivity index is 1.75. The molecule has 6 heteroatoms. The van der Waals surface area contributed by atoms with Crippen LogP contribution in [0.2, 0.25) is 0 Å². The number of fused-ring (bicyclic) bond motifs is 1. The van der Waals surface area contributed by atoms with Crippen molar-refractivity contribution in [3.63, 3.8) is 0 Å². The molecule has 4 nitrogen and oxygen atoms in total. The topological polar surface area (TPSA) is 47.8 Å². The molecule has 0 aliphatic heterocycles. The zero-order valence-electron chi connectivity index (χ0n) is 12.5. The van der Waals surface area contributed by atoms with Crippen LogP contribution in [0.15, 0.2) is 65.5 Å². The monoisotopic (exact) mass is 337 g/mol. The molecular weight excluding hydrogens is 325 g/mol. The number of aromatic nitrogens is 3. The quantitative estimate of drug-likeness (QED) is 0.573. The molecule has 0 fully saturated rings. The maximum atomic E-state index is 13.0. The van der Waals surface area contributed by atoms with E-state index in [4.69, 9.17) is 0 Å². The van der Waals surface area contributed by atoms with Gasteiger partial charge in [0.05, 0.1) is 11.9 Å². The van der Waals surface area contributed by atoms with Crippen LogP contribution in [0.1, 0.15) is 5.56 Å². The molecule has 4 aromatic rings. The van der Waals surface area contributed by atoms with Gasteiger partial charge in [0.2, 0.25) is 0 Å². The molecule has 0 amide bonds. The summed E-state index contributed by atoms with van der Waals surface area (Å²) in [5.41, 5.74) is 1.65. The summed E-state index contributed by atoms with van der Waals surface area (Å²) in [7, 11) is 0. The molecule has 2 aromatic carbocycles. The van der Waals surface area contributed by atoms with E-state index < -0.39 is 0 Å². The first-order chi connectivity index (χ1) is 11.7. The highest BCUT2D eigenvalue weighted by Crippen LogP contribution is 2.30. The Bertz CT molecular complexity index is 1060. The summed E-state index contributed by atoms with van der Waals surface area (Å²) in [5, 5.41) is 8.71. The van der Waals surface area contributed by atoms with E-state index in [1.165, 1.54) is 28.2 Å². The lowest BCUT2D eigenvalue weighted by atomic mass is 10.2. The van der Waals surface area contributed by atoms with Gasteiger partial charge in [-0.1, -0.05) is 47.7 Å². The summed E-state index contributed by atoms with van der Waals surface area (Å²) in [5.74, 6) is -0.307. The minimum absolute atomic E-state index is 0.192. The predicted molar refractivity (Wildman–Crippen MR) is 92.6 cm³/mol. The van der Waals surface area contributed by atoms with Gasteiger partial charge >= 0.3 is 0 Å². The van der Waals surface area contributed by atoms with Crippen molar-refractivity contribution in [1.29, 1.82) is 0 Å². The molecule has 2 aromatic heterocycles. The smallest absolute Gasteiger partial charge is 0.267 e.